The summed E-state index contributed by atoms with van der Waals surface area (Å²) < 4.78 is 5.54. The summed E-state index contributed by atoms with van der Waals surface area (Å²) in [4.78, 5) is 24.8. The lowest BCUT2D eigenvalue weighted by atomic mass is 9.98. The van der Waals surface area contributed by atoms with Gasteiger partial charge in [0.05, 0.1) is 10.5 Å². The number of rotatable bonds is 4. The molecule has 0 spiro atoms. The Morgan fingerprint density at radius 3 is 2.68 bits per heavy atom. The summed E-state index contributed by atoms with van der Waals surface area (Å²) in [5.41, 5.74) is -0.617. The van der Waals surface area contributed by atoms with E-state index >= 15 is 0 Å². The maximum Gasteiger partial charge on any atom is 0.337 e. The molecule has 1 N–H and O–H groups in total. The number of carboxylic acid groups (broad SMARTS) is 1. The van der Waals surface area contributed by atoms with Crippen molar-refractivity contribution in [2.75, 3.05) is 0 Å². The molecule has 1 saturated carbocycles. The first kappa shape index (κ1) is 13.3. The van der Waals surface area contributed by atoms with Crippen LogP contribution in [0.15, 0.2) is 12.3 Å². The van der Waals surface area contributed by atoms with Crippen molar-refractivity contribution in [1.29, 1.82) is 0 Å². The Morgan fingerprint density at radius 2 is 2.11 bits per heavy atom. The van der Waals surface area contributed by atoms with Crippen LogP contribution in [0.25, 0.3) is 0 Å². The number of nitro groups is 1. The Balaban J connectivity index is 2.23. The fourth-order valence-corrected chi connectivity index (χ4v) is 2.12. The highest BCUT2D eigenvalue weighted by Crippen LogP contribution is 2.29. The van der Waals surface area contributed by atoms with Crippen molar-refractivity contribution in [3.8, 4) is 5.88 Å². The number of aromatic carboxylic acids is 1. The molecule has 0 aromatic carbocycles. The van der Waals surface area contributed by atoms with E-state index in [9.17, 15) is 14.9 Å². The van der Waals surface area contributed by atoms with Gasteiger partial charge in [0.2, 0.25) is 0 Å². The molecule has 102 valence electrons. The van der Waals surface area contributed by atoms with Gasteiger partial charge in [-0.25, -0.2) is 9.78 Å². The standard InChI is InChI=1S/C12H14N2O5/c15-12(16)8-6-10(14(17)18)11(13-7-8)19-9-4-2-1-3-5-9/h6-7,9H,1-5H2,(H,15,16). The molecule has 7 heteroatoms. The molecule has 0 saturated heterocycles. The zero-order chi connectivity index (χ0) is 13.8. The molecular formula is C12H14N2O5. The first-order valence-corrected chi connectivity index (χ1v) is 6.12. The van der Waals surface area contributed by atoms with Crippen LogP contribution in [0.3, 0.4) is 0 Å². The minimum absolute atomic E-state index is 0.0735. The summed E-state index contributed by atoms with van der Waals surface area (Å²) in [5, 5.41) is 19.7. The van der Waals surface area contributed by atoms with Gasteiger partial charge in [-0.05, 0) is 25.7 Å². The van der Waals surface area contributed by atoms with Gasteiger partial charge in [0.15, 0.2) is 0 Å². The summed E-state index contributed by atoms with van der Waals surface area (Å²) in [5.74, 6) is -1.35. The van der Waals surface area contributed by atoms with Crippen LogP contribution in [-0.4, -0.2) is 27.1 Å². The second kappa shape index (κ2) is 5.64. The van der Waals surface area contributed by atoms with E-state index in [1.165, 1.54) is 0 Å². The number of ether oxygens (including phenoxy) is 1. The van der Waals surface area contributed by atoms with Crippen molar-refractivity contribution in [3.05, 3.63) is 27.9 Å². The van der Waals surface area contributed by atoms with Crippen LogP contribution in [0.1, 0.15) is 42.5 Å². The molecule has 0 amide bonds. The lowest BCUT2D eigenvalue weighted by Gasteiger charge is -2.22. The summed E-state index contributed by atoms with van der Waals surface area (Å²) in [6.07, 6.45) is 5.91. The molecule has 0 bridgehead atoms. The van der Waals surface area contributed by atoms with Crippen LogP contribution < -0.4 is 4.74 Å². The van der Waals surface area contributed by atoms with Crippen molar-refractivity contribution in [2.45, 2.75) is 38.2 Å². The van der Waals surface area contributed by atoms with E-state index in [0.717, 1.165) is 44.4 Å². The lowest BCUT2D eigenvalue weighted by molar-refractivity contribution is -0.386. The number of aromatic nitrogens is 1. The smallest absolute Gasteiger partial charge is 0.337 e. The highest BCUT2D eigenvalue weighted by molar-refractivity contribution is 5.88. The number of pyridine rings is 1. The van der Waals surface area contributed by atoms with Gasteiger partial charge in [-0.3, -0.25) is 10.1 Å². The Bertz CT molecular complexity index is 497. The minimum Gasteiger partial charge on any atom is -0.478 e. The van der Waals surface area contributed by atoms with Crippen molar-refractivity contribution in [3.63, 3.8) is 0 Å². The Kier molecular flexibility index (Phi) is 3.94. The van der Waals surface area contributed by atoms with Crippen LogP contribution in [0.2, 0.25) is 0 Å². The Labute approximate surface area is 109 Å². The van der Waals surface area contributed by atoms with Gasteiger partial charge in [-0.1, -0.05) is 6.42 Å². The second-order valence-electron chi connectivity index (χ2n) is 4.49. The first-order valence-electron chi connectivity index (χ1n) is 6.12. The number of hydrogen-bond acceptors (Lipinski definition) is 5. The Hall–Kier alpha value is -2.18. The summed E-state index contributed by atoms with van der Waals surface area (Å²) >= 11 is 0. The topological polar surface area (TPSA) is 103 Å². The van der Waals surface area contributed by atoms with Crippen LogP contribution in [0, 0.1) is 10.1 Å². The molecule has 0 radical (unpaired) electrons. The highest BCUT2D eigenvalue weighted by Gasteiger charge is 2.24. The third-order valence-corrected chi connectivity index (χ3v) is 3.11. The number of nitrogens with zero attached hydrogens (tertiary/aromatic N) is 2. The third-order valence-electron chi connectivity index (χ3n) is 3.11. The minimum atomic E-state index is -1.25. The van der Waals surface area contributed by atoms with Crippen molar-refractivity contribution < 1.29 is 19.6 Å². The van der Waals surface area contributed by atoms with Crippen LogP contribution in [-0.2, 0) is 0 Å². The predicted octanol–water partition coefficient (Wildman–Crippen LogP) is 2.40. The van der Waals surface area contributed by atoms with E-state index in [1.54, 1.807) is 0 Å². The molecule has 1 fully saturated rings. The molecule has 1 aliphatic rings. The van der Waals surface area contributed by atoms with Gasteiger partial charge in [-0.15, -0.1) is 0 Å². The van der Waals surface area contributed by atoms with E-state index in [0.29, 0.717) is 0 Å². The van der Waals surface area contributed by atoms with Crippen LogP contribution in [0.5, 0.6) is 5.88 Å². The highest BCUT2D eigenvalue weighted by atomic mass is 16.6. The number of hydrogen-bond donors (Lipinski definition) is 1. The summed E-state index contributed by atoms with van der Waals surface area (Å²) in [7, 11) is 0. The van der Waals surface area contributed by atoms with Crippen molar-refractivity contribution in [1.82, 2.24) is 4.98 Å². The molecule has 2 rings (SSSR count). The van der Waals surface area contributed by atoms with Gasteiger partial charge >= 0.3 is 11.7 Å². The monoisotopic (exact) mass is 266 g/mol. The summed E-state index contributed by atoms with van der Waals surface area (Å²) in [6.45, 7) is 0. The lowest BCUT2D eigenvalue weighted by Crippen LogP contribution is -2.20. The van der Waals surface area contributed by atoms with Crippen molar-refractivity contribution in [2.24, 2.45) is 0 Å². The van der Waals surface area contributed by atoms with Gasteiger partial charge in [0.25, 0.3) is 5.88 Å². The van der Waals surface area contributed by atoms with E-state index in [-0.39, 0.29) is 17.5 Å². The van der Waals surface area contributed by atoms with Crippen molar-refractivity contribution >= 4 is 11.7 Å². The average molecular weight is 266 g/mol. The van der Waals surface area contributed by atoms with Crippen LogP contribution >= 0.6 is 0 Å². The molecule has 1 aromatic heterocycles. The quantitative estimate of drug-likeness (QED) is 0.663. The Morgan fingerprint density at radius 1 is 1.42 bits per heavy atom. The van der Waals surface area contributed by atoms with Crippen LogP contribution in [0.4, 0.5) is 5.69 Å². The molecule has 1 heterocycles. The SMILES string of the molecule is O=C(O)c1cnc(OC2CCCCC2)c([N+](=O)[O-])c1. The maximum absolute atomic E-state index is 10.9. The fraction of sp³-hybridized carbons (Fsp3) is 0.500. The number of carboxylic acids is 1. The molecule has 0 unspecified atom stereocenters. The molecule has 1 aliphatic carbocycles. The number of carbonyl (C=O) groups is 1. The van der Waals surface area contributed by atoms with Gasteiger partial charge < -0.3 is 9.84 Å². The molecule has 19 heavy (non-hydrogen) atoms. The largest absolute Gasteiger partial charge is 0.478 e. The molecule has 7 nitrogen and oxygen atoms in total. The zero-order valence-corrected chi connectivity index (χ0v) is 10.2. The molecule has 0 aliphatic heterocycles. The van der Waals surface area contributed by atoms with E-state index < -0.39 is 16.6 Å². The van der Waals surface area contributed by atoms with E-state index in [4.69, 9.17) is 9.84 Å². The summed E-state index contributed by atoms with van der Waals surface area (Å²) in [6, 6.07) is 0.980. The average Bonchev–Trinajstić information content (AvgIpc) is 2.39. The molecular weight excluding hydrogens is 252 g/mol. The normalized spacial score (nSPS) is 16.0. The van der Waals surface area contributed by atoms with E-state index in [1.807, 2.05) is 0 Å². The van der Waals surface area contributed by atoms with E-state index in [2.05, 4.69) is 4.98 Å². The first-order chi connectivity index (χ1) is 9.08. The zero-order valence-electron chi connectivity index (χ0n) is 10.2. The fourth-order valence-electron chi connectivity index (χ4n) is 2.12. The van der Waals surface area contributed by atoms with Gasteiger partial charge in [0, 0.05) is 12.3 Å². The third kappa shape index (κ3) is 3.18. The molecule has 0 atom stereocenters. The predicted molar refractivity (Wildman–Crippen MR) is 65.4 cm³/mol. The molecule has 1 aromatic rings. The van der Waals surface area contributed by atoms with Gasteiger partial charge in [0.1, 0.15) is 6.10 Å². The van der Waals surface area contributed by atoms with Gasteiger partial charge in [-0.2, -0.15) is 0 Å². The maximum atomic E-state index is 10.9. The second-order valence-corrected chi connectivity index (χ2v) is 4.49.